The van der Waals surface area contributed by atoms with Crippen LogP contribution in [-0.4, -0.2) is 22.9 Å². The zero-order valence-corrected chi connectivity index (χ0v) is 9.83. The Balaban J connectivity index is 2.44. The Bertz CT molecular complexity index is 524. The highest BCUT2D eigenvalue weighted by atomic mass is 32.2. The maximum absolute atomic E-state index is 13.5. The maximum Gasteiger partial charge on any atom is 0.321 e. The van der Waals surface area contributed by atoms with E-state index in [1.54, 1.807) is 0 Å². The fraction of sp³-hybridized carbons (Fsp3) is 0.300. The largest absolute Gasteiger partial charge is 0.480 e. The average Bonchev–Trinajstić information content (AvgIpc) is 2.84. The smallest absolute Gasteiger partial charge is 0.321 e. The van der Waals surface area contributed by atoms with E-state index in [0.29, 0.717) is 0 Å². The summed E-state index contributed by atoms with van der Waals surface area (Å²) in [6, 6.07) is -1.11. The lowest BCUT2D eigenvalue weighted by atomic mass is 10.1. The van der Waals surface area contributed by atoms with Gasteiger partial charge in [-0.3, -0.25) is 10.1 Å². The van der Waals surface area contributed by atoms with Crippen LogP contribution in [0.25, 0.3) is 0 Å². The van der Waals surface area contributed by atoms with Crippen LogP contribution >= 0.6 is 11.8 Å². The minimum Gasteiger partial charge on any atom is -0.480 e. The second kappa shape index (κ2) is 4.97. The molecular weight excluding hydrogens is 293 g/mol. The predicted octanol–water partition coefficient (Wildman–Crippen LogP) is 2.17. The molecule has 0 spiro atoms. The molecule has 0 unspecified atom stereocenters. The van der Waals surface area contributed by atoms with Gasteiger partial charge in [-0.2, -0.15) is 0 Å². The molecule has 0 aliphatic carbocycles. The van der Waals surface area contributed by atoms with Crippen molar-refractivity contribution in [2.45, 2.75) is 11.4 Å². The summed E-state index contributed by atoms with van der Waals surface area (Å²) in [6.45, 7) is 0. The second-order valence-electron chi connectivity index (χ2n) is 3.75. The van der Waals surface area contributed by atoms with Gasteiger partial charge in [0, 0.05) is 5.75 Å². The Labute approximate surface area is 107 Å². The zero-order valence-electron chi connectivity index (χ0n) is 9.02. The van der Waals surface area contributed by atoms with Crippen LogP contribution in [-0.2, 0) is 4.79 Å². The molecule has 2 N–H and O–H groups in total. The maximum atomic E-state index is 13.5. The van der Waals surface area contributed by atoms with E-state index in [1.165, 1.54) is 0 Å². The van der Waals surface area contributed by atoms with E-state index in [9.17, 15) is 26.7 Å². The third-order valence-electron chi connectivity index (χ3n) is 2.59. The number of rotatable bonds is 2. The number of nitrogens with one attached hydrogen (secondary N) is 1. The van der Waals surface area contributed by atoms with Crippen molar-refractivity contribution in [3.63, 3.8) is 0 Å². The highest BCUT2D eigenvalue weighted by Gasteiger charge is 2.37. The van der Waals surface area contributed by atoms with Crippen molar-refractivity contribution >= 4 is 17.7 Å². The Morgan fingerprint density at radius 1 is 1.05 bits per heavy atom. The lowest BCUT2D eigenvalue weighted by molar-refractivity contribution is -0.138. The van der Waals surface area contributed by atoms with E-state index in [4.69, 9.17) is 5.11 Å². The molecule has 0 radical (unpaired) electrons. The Morgan fingerprint density at radius 3 is 1.95 bits per heavy atom. The molecular formula is C10H6F5NO2S. The van der Waals surface area contributed by atoms with E-state index in [1.807, 2.05) is 0 Å². The number of thioether (sulfide) groups is 1. The number of hydrogen-bond acceptors (Lipinski definition) is 3. The van der Waals surface area contributed by atoms with Crippen molar-refractivity contribution in [3.05, 3.63) is 34.6 Å². The van der Waals surface area contributed by atoms with E-state index < -0.39 is 52.0 Å². The predicted molar refractivity (Wildman–Crippen MR) is 56.0 cm³/mol. The summed E-state index contributed by atoms with van der Waals surface area (Å²) < 4.78 is 65.8. The molecule has 19 heavy (non-hydrogen) atoms. The first-order chi connectivity index (χ1) is 8.84. The SMILES string of the molecule is O=C(O)[C@@H]1CS[C@H](c2c(F)c(F)c(F)c(F)c2F)N1. The molecule has 1 aromatic carbocycles. The number of aliphatic carboxylic acids is 1. The molecule has 3 nitrogen and oxygen atoms in total. The molecule has 2 rings (SSSR count). The van der Waals surface area contributed by atoms with Crippen molar-refractivity contribution in [2.75, 3.05) is 5.75 Å². The Kier molecular flexibility index (Phi) is 3.68. The van der Waals surface area contributed by atoms with Gasteiger partial charge < -0.3 is 5.11 Å². The van der Waals surface area contributed by atoms with Crippen LogP contribution in [0.3, 0.4) is 0 Å². The van der Waals surface area contributed by atoms with Gasteiger partial charge in [-0.25, -0.2) is 22.0 Å². The third kappa shape index (κ3) is 2.27. The molecule has 9 heteroatoms. The van der Waals surface area contributed by atoms with Crippen molar-refractivity contribution in [1.82, 2.24) is 5.32 Å². The van der Waals surface area contributed by atoms with Crippen molar-refractivity contribution < 1.29 is 31.9 Å². The average molecular weight is 299 g/mol. The first kappa shape index (κ1) is 14.1. The number of carboxylic acid groups (broad SMARTS) is 1. The number of carbonyl (C=O) groups is 1. The Morgan fingerprint density at radius 2 is 1.53 bits per heavy atom. The minimum absolute atomic E-state index is 0.0422. The summed E-state index contributed by atoms with van der Waals surface area (Å²) >= 11 is 0.756. The molecule has 1 aliphatic rings. The highest BCUT2D eigenvalue weighted by molar-refractivity contribution is 7.99. The van der Waals surface area contributed by atoms with Crippen molar-refractivity contribution in [2.24, 2.45) is 0 Å². The van der Waals surface area contributed by atoms with Gasteiger partial charge in [-0.1, -0.05) is 0 Å². The summed E-state index contributed by atoms with van der Waals surface area (Å²) in [4.78, 5) is 10.7. The molecule has 1 heterocycles. The highest BCUT2D eigenvalue weighted by Crippen LogP contribution is 2.37. The summed E-state index contributed by atoms with van der Waals surface area (Å²) in [5, 5.41) is 9.69. The fourth-order valence-corrected chi connectivity index (χ4v) is 2.89. The van der Waals surface area contributed by atoms with Crippen LogP contribution in [0, 0.1) is 29.1 Å². The van der Waals surface area contributed by atoms with Gasteiger partial charge in [-0.05, 0) is 0 Å². The first-order valence-electron chi connectivity index (χ1n) is 4.96. The lowest BCUT2D eigenvalue weighted by Gasteiger charge is -2.14. The first-order valence-corrected chi connectivity index (χ1v) is 6.01. The van der Waals surface area contributed by atoms with E-state index in [2.05, 4.69) is 5.32 Å². The summed E-state index contributed by atoms with van der Waals surface area (Å²) in [6.07, 6.45) is 0. The standard InChI is InChI=1S/C10H6F5NO2S/c11-4-3(5(12)7(14)8(15)6(4)13)9-16-2(1-19-9)10(17)18/h2,9,16H,1H2,(H,17,18)/t2-,9+/m0/s1. The van der Waals surface area contributed by atoms with Gasteiger partial charge in [0.25, 0.3) is 0 Å². The van der Waals surface area contributed by atoms with Crippen LogP contribution in [0.1, 0.15) is 10.9 Å². The van der Waals surface area contributed by atoms with Crippen molar-refractivity contribution in [1.29, 1.82) is 0 Å². The summed E-state index contributed by atoms with van der Waals surface area (Å²) in [5.41, 5.74) is -1.05. The Hall–Kier alpha value is -1.35. The van der Waals surface area contributed by atoms with Crippen LogP contribution in [0.15, 0.2) is 0 Å². The topological polar surface area (TPSA) is 49.3 Å². The monoisotopic (exact) mass is 299 g/mol. The van der Waals surface area contributed by atoms with Crippen LogP contribution < -0.4 is 5.32 Å². The fourth-order valence-electron chi connectivity index (χ4n) is 1.63. The van der Waals surface area contributed by atoms with Gasteiger partial charge in [0.05, 0.1) is 10.9 Å². The van der Waals surface area contributed by atoms with E-state index in [0.717, 1.165) is 11.8 Å². The van der Waals surface area contributed by atoms with Gasteiger partial charge in [0.15, 0.2) is 23.3 Å². The molecule has 2 atom stereocenters. The molecule has 1 aliphatic heterocycles. The quantitative estimate of drug-likeness (QED) is 0.499. The molecule has 1 saturated heterocycles. The lowest BCUT2D eigenvalue weighted by Crippen LogP contribution is -2.34. The van der Waals surface area contributed by atoms with Crippen molar-refractivity contribution in [3.8, 4) is 0 Å². The van der Waals surface area contributed by atoms with Gasteiger partial charge >= 0.3 is 5.97 Å². The van der Waals surface area contributed by atoms with E-state index >= 15 is 0 Å². The number of hydrogen-bond donors (Lipinski definition) is 2. The number of halogens is 5. The van der Waals surface area contributed by atoms with Crippen LogP contribution in [0.4, 0.5) is 22.0 Å². The summed E-state index contributed by atoms with van der Waals surface area (Å²) in [7, 11) is 0. The van der Waals surface area contributed by atoms with Crippen LogP contribution in [0.5, 0.6) is 0 Å². The minimum atomic E-state index is -2.24. The third-order valence-corrected chi connectivity index (χ3v) is 3.82. The number of carboxylic acids is 1. The van der Waals surface area contributed by atoms with Crippen LogP contribution in [0.2, 0.25) is 0 Å². The number of benzene rings is 1. The molecule has 0 aromatic heterocycles. The molecule has 0 amide bonds. The van der Waals surface area contributed by atoms with Gasteiger partial charge in [0.1, 0.15) is 6.04 Å². The summed E-state index contributed by atoms with van der Waals surface area (Å²) in [5.74, 6) is -11.5. The van der Waals surface area contributed by atoms with Gasteiger partial charge in [0.2, 0.25) is 5.82 Å². The molecule has 104 valence electrons. The molecule has 0 bridgehead atoms. The normalized spacial score (nSPS) is 22.8. The van der Waals surface area contributed by atoms with E-state index in [-0.39, 0.29) is 5.75 Å². The molecule has 1 aromatic rings. The molecule has 0 saturated carbocycles. The van der Waals surface area contributed by atoms with Gasteiger partial charge in [-0.15, -0.1) is 11.8 Å². The second-order valence-corrected chi connectivity index (χ2v) is 4.89. The zero-order chi connectivity index (χ0) is 14.3. The molecule has 1 fully saturated rings.